The summed E-state index contributed by atoms with van der Waals surface area (Å²) in [6, 6.07) is 3.98. The summed E-state index contributed by atoms with van der Waals surface area (Å²) in [7, 11) is 1.91. The number of aryl methyl sites for hydroxylation is 2. The van der Waals surface area contributed by atoms with Crippen LogP contribution in [-0.2, 0) is 11.2 Å². The maximum Gasteiger partial charge on any atom is 0.315 e. The van der Waals surface area contributed by atoms with Crippen molar-refractivity contribution in [3.05, 3.63) is 78.7 Å². The average Bonchev–Trinajstić information content (AvgIpc) is 2.93. The molecule has 0 fully saturated rings. The van der Waals surface area contributed by atoms with Gasteiger partial charge < -0.3 is 20.7 Å². The summed E-state index contributed by atoms with van der Waals surface area (Å²) in [5.74, 6) is 0.195. The number of urea groups is 1. The molecule has 0 saturated heterocycles. The molecule has 6 nitrogen and oxygen atoms in total. The lowest BCUT2D eigenvalue weighted by atomic mass is 10.0. The number of likely N-dealkylation sites (N-methyl/N-ethyl adjacent to an activating group) is 1. The molecule has 218 valence electrons. The fourth-order valence-electron chi connectivity index (χ4n) is 2.61. The first-order chi connectivity index (χ1) is 18.3. The lowest BCUT2D eigenvalue weighted by molar-refractivity contribution is -0.0980. The van der Waals surface area contributed by atoms with Crippen LogP contribution in [-0.4, -0.2) is 50.7 Å². The molecule has 0 radical (unpaired) electrons. The Balaban J connectivity index is -0.000000240. The van der Waals surface area contributed by atoms with Crippen LogP contribution in [0.2, 0.25) is 0 Å². The second-order valence-electron chi connectivity index (χ2n) is 7.65. The van der Waals surface area contributed by atoms with Crippen molar-refractivity contribution < 1.29 is 14.0 Å². The molecule has 2 amide bonds. The number of halogens is 1. The Morgan fingerprint density at radius 1 is 1.13 bits per heavy atom. The number of amides is 2. The number of carbonyl (C=O) groups excluding carboxylic acids is 2. The third-order valence-corrected chi connectivity index (χ3v) is 4.41. The summed E-state index contributed by atoms with van der Waals surface area (Å²) in [4.78, 5) is 23.5. The van der Waals surface area contributed by atoms with E-state index in [9.17, 15) is 9.18 Å². The van der Waals surface area contributed by atoms with Gasteiger partial charge in [-0.1, -0.05) is 83.2 Å². The van der Waals surface area contributed by atoms with Crippen LogP contribution in [0.3, 0.4) is 0 Å². The van der Waals surface area contributed by atoms with E-state index < -0.39 is 6.17 Å². The van der Waals surface area contributed by atoms with Crippen molar-refractivity contribution in [3.8, 4) is 0 Å². The summed E-state index contributed by atoms with van der Waals surface area (Å²) in [6.07, 6.45) is 16.8. The lowest BCUT2D eigenvalue weighted by Crippen LogP contribution is -2.38. The molecule has 3 N–H and O–H groups in total. The highest BCUT2D eigenvalue weighted by molar-refractivity contribution is 5.73. The molecule has 0 aliphatic heterocycles. The van der Waals surface area contributed by atoms with Crippen molar-refractivity contribution in [2.24, 2.45) is 5.92 Å². The van der Waals surface area contributed by atoms with E-state index in [0.717, 1.165) is 31.5 Å². The number of pyridine rings is 1. The van der Waals surface area contributed by atoms with Crippen LogP contribution < -0.4 is 16.0 Å². The van der Waals surface area contributed by atoms with Crippen molar-refractivity contribution in [1.29, 1.82) is 0 Å². The van der Waals surface area contributed by atoms with Gasteiger partial charge in [0, 0.05) is 31.5 Å². The van der Waals surface area contributed by atoms with E-state index in [4.69, 9.17) is 4.79 Å². The minimum absolute atomic E-state index is 0.184. The number of carbonyl (C=O) groups is 2. The molecule has 38 heavy (non-hydrogen) atoms. The minimum Gasteiger partial charge on any atom is -0.338 e. The molecule has 2 atom stereocenters. The minimum atomic E-state index is -0.937. The van der Waals surface area contributed by atoms with Crippen molar-refractivity contribution in [3.63, 3.8) is 0 Å². The van der Waals surface area contributed by atoms with Gasteiger partial charge in [-0.25, -0.2) is 9.18 Å². The van der Waals surface area contributed by atoms with Gasteiger partial charge in [0.25, 0.3) is 0 Å². The maximum atomic E-state index is 12.7. The van der Waals surface area contributed by atoms with E-state index in [1.807, 2.05) is 84.2 Å². The number of aromatic nitrogens is 1. The third kappa shape index (κ3) is 35.1. The van der Waals surface area contributed by atoms with Gasteiger partial charge >= 0.3 is 6.03 Å². The number of alkyl halides is 1. The smallest absolute Gasteiger partial charge is 0.315 e. The molecule has 0 aromatic carbocycles. The van der Waals surface area contributed by atoms with Gasteiger partial charge in [0.1, 0.15) is 13.0 Å². The van der Waals surface area contributed by atoms with Crippen LogP contribution in [0.5, 0.6) is 0 Å². The monoisotopic (exact) mass is 534 g/mol. The van der Waals surface area contributed by atoms with Gasteiger partial charge in [-0.3, -0.25) is 4.98 Å². The molecule has 1 aromatic heterocycles. The summed E-state index contributed by atoms with van der Waals surface area (Å²) >= 11 is 0. The zero-order chi connectivity index (χ0) is 30.0. The third-order valence-electron chi connectivity index (χ3n) is 4.41. The first-order valence-corrected chi connectivity index (χ1v) is 13.4. The van der Waals surface area contributed by atoms with Gasteiger partial charge in [-0.2, -0.15) is 0 Å². The van der Waals surface area contributed by atoms with Crippen LogP contribution in [0.15, 0.2) is 67.4 Å². The highest BCUT2D eigenvalue weighted by Gasteiger charge is 2.06. The van der Waals surface area contributed by atoms with Crippen molar-refractivity contribution >= 4 is 12.8 Å². The van der Waals surface area contributed by atoms with Crippen LogP contribution in [0, 0.1) is 12.8 Å². The molecule has 1 rings (SSSR count). The van der Waals surface area contributed by atoms with Gasteiger partial charge in [0.15, 0.2) is 0 Å². The highest BCUT2D eigenvalue weighted by Crippen LogP contribution is 2.08. The molecule has 0 aliphatic rings. The second-order valence-corrected chi connectivity index (χ2v) is 7.65. The van der Waals surface area contributed by atoms with Gasteiger partial charge in [-0.05, 0) is 64.3 Å². The predicted molar refractivity (Wildman–Crippen MR) is 164 cm³/mol. The summed E-state index contributed by atoms with van der Waals surface area (Å²) < 4.78 is 12.7. The van der Waals surface area contributed by atoms with Gasteiger partial charge in [0.2, 0.25) is 0 Å². The Labute approximate surface area is 233 Å². The van der Waals surface area contributed by atoms with E-state index in [2.05, 4.69) is 47.4 Å². The fourth-order valence-corrected chi connectivity index (χ4v) is 2.61. The number of nitrogens with zero attached hydrogens (tertiary/aromatic N) is 1. The number of hydrogen-bond donors (Lipinski definition) is 3. The molecule has 1 unspecified atom stereocenters. The Morgan fingerprint density at radius 2 is 1.79 bits per heavy atom. The maximum absolute atomic E-state index is 12.7. The Bertz CT molecular complexity index is 734. The van der Waals surface area contributed by atoms with E-state index in [0.29, 0.717) is 13.1 Å². The zero-order valence-corrected chi connectivity index (χ0v) is 25.2. The van der Waals surface area contributed by atoms with Crippen LogP contribution in [0.25, 0.3) is 0 Å². The lowest BCUT2D eigenvalue weighted by Gasteiger charge is -2.13. The number of rotatable bonds is 12. The van der Waals surface area contributed by atoms with Crippen molar-refractivity contribution in [2.45, 2.75) is 73.9 Å². The first-order valence-electron chi connectivity index (χ1n) is 13.4. The molecule has 0 bridgehead atoms. The predicted octanol–water partition coefficient (Wildman–Crippen LogP) is 6.93. The quantitative estimate of drug-likeness (QED) is 0.200. The average molecular weight is 535 g/mol. The Hall–Kier alpha value is -3.06. The summed E-state index contributed by atoms with van der Waals surface area (Å²) in [5.41, 5.74) is 2.47. The van der Waals surface area contributed by atoms with Crippen molar-refractivity contribution in [1.82, 2.24) is 20.9 Å². The molecule has 0 spiro atoms. The number of hydrogen-bond acceptors (Lipinski definition) is 4. The molecule has 7 heteroatoms. The zero-order valence-electron chi connectivity index (χ0n) is 25.2. The second kappa shape index (κ2) is 36.1. The molecule has 0 aliphatic carbocycles. The molecule has 1 heterocycles. The fraction of sp³-hybridized carbons (Fsp3) is 0.516. The summed E-state index contributed by atoms with van der Waals surface area (Å²) in [6.45, 7) is 21.1. The normalized spacial score (nSPS) is 11.4. The summed E-state index contributed by atoms with van der Waals surface area (Å²) in [5, 5.41) is 8.47. The molecular weight excluding hydrogens is 479 g/mol. The SMILES string of the molecule is C/C=C\CNC(=O)NC[C@@H](/C=C\C(C)F)CCC.C=C/C=C/CNC.C=O.CC.CCc1ccnc(C)c1. The first kappa shape index (κ1) is 42.0. The van der Waals surface area contributed by atoms with Crippen molar-refractivity contribution in [2.75, 3.05) is 26.7 Å². The Morgan fingerprint density at radius 3 is 2.24 bits per heavy atom. The highest BCUT2D eigenvalue weighted by atomic mass is 19.1. The van der Waals surface area contributed by atoms with Gasteiger partial charge in [0.05, 0.1) is 0 Å². The number of allylic oxidation sites excluding steroid dienone is 4. The standard InChI is InChI=1S/C14H25FN2O.C8H11N.C6H11N.C2H6.CH2O/c1-4-6-10-16-14(18)17-11-13(7-5-2)9-8-12(3)15;1-3-8-4-5-9-7(2)6-8;1-3-4-5-6-7-2;2*1-2/h4,6,8-9,12-13H,5,7,10-11H2,1-3H3,(H2,16,17,18);4-6H,3H2,1-2H3;3-5,7H,1,6H2,2H3;1-2H3;1H2/b6-4-,9-8-;;5-4+;;/t12?,13-;;;;/m1..../s1. The van der Waals surface area contributed by atoms with Crippen LogP contribution in [0.4, 0.5) is 9.18 Å². The molecule has 1 aromatic rings. The topological polar surface area (TPSA) is 83.1 Å². The van der Waals surface area contributed by atoms with E-state index in [1.54, 1.807) is 12.2 Å². The van der Waals surface area contributed by atoms with Crippen LogP contribution in [0.1, 0.15) is 65.6 Å². The number of nitrogens with one attached hydrogen (secondary N) is 3. The van der Waals surface area contributed by atoms with E-state index in [1.165, 1.54) is 12.5 Å². The Kier molecular flexibility index (Phi) is 39.9. The largest absolute Gasteiger partial charge is 0.338 e. The van der Waals surface area contributed by atoms with Gasteiger partial charge in [-0.15, -0.1) is 0 Å². The molecular formula is C31H55FN4O2. The van der Waals surface area contributed by atoms with E-state index in [-0.39, 0.29) is 11.9 Å². The van der Waals surface area contributed by atoms with E-state index >= 15 is 0 Å². The van der Waals surface area contributed by atoms with Crippen LogP contribution >= 0.6 is 0 Å². The molecule has 0 saturated carbocycles.